The molecule has 138 valence electrons. The molecule has 0 saturated carbocycles. The second-order valence-electron chi connectivity index (χ2n) is 5.81. The summed E-state index contributed by atoms with van der Waals surface area (Å²) in [4.78, 5) is 28.0. The highest BCUT2D eigenvalue weighted by molar-refractivity contribution is 7.16. The minimum Gasteiger partial charge on any atom is -0.486 e. The molecule has 4 rings (SSSR count). The predicted molar refractivity (Wildman–Crippen MR) is 99.5 cm³/mol. The van der Waals surface area contributed by atoms with Crippen molar-refractivity contribution in [1.29, 1.82) is 0 Å². The molecule has 1 aliphatic heterocycles. The van der Waals surface area contributed by atoms with Crippen molar-refractivity contribution in [2.45, 2.75) is 13.5 Å². The summed E-state index contributed by atoms with van der Waals surface area (Å²) in [5, 5.41) is 11.0. The Balaban J connectivity index is 1.78. The number of aryl methyl sites for hydroxylation is 1. The van der Waals surface area contributed by atoms with Gasteiger partial charge in [-0.2, -0.15) is 4.99 Å². The number of benzene rings is 2. The fraction of sp³-hybridized carbons (Fsp3) is 0.222. The maximum absolute atomic E-state index is 12.6. The Morgan fingerprint density at radius 1 is 1.22 bits per heavy atom. The molecule has 2 aromatic carbocycles. The van der Waals surface area contributed by atoms with Crippen molar-refractivity contribution < 1.29 is 19.2 Å². The van der Waals surface area contributed by atoms with E-state index in [2.05, 4.69) is 4.99 Å². The molecule has 27 heavy (non-hydrogen) atoms. The second kappa shape index (κ2) is 6.84. The Morgan fingerprint density at radius 2 is 2.00 bits per heavy atom. The summed E-state index contributed by atoms with van der Waals surface area (Å²) in [5.41, 5.74) is 1.09. The molecular weight excluding hydrogens is 370 g/mol. The second-order valence-corrected chi connectivity index (χ2v) is 6.82. The lowest BCUT2D eigenvalue weighted by Crippen LogP contribution is -2.17. The molecule has 0 N–H and O–H groups in total. The van der Waals surface area contributed by atoms with Gasteiger partial charge in [-0.1, -0.05) is 11.3 Å². The highest BCUT2D eigenvalue weighted by Crippen LogP contribution is 2.31. The van der Waals surface area contributed by atoms with Crippen molar-refractivity contribution in [2.24, 2.45) is 4.99 Å². The Bertz CT molecular complexity index is 1130. The van der Waals surface area contributed by atoms with E-state index in [1.807, 2.05) is 6.92 Å². The topological polar surface area (TPSA) is 96.0 Å². The molecule has 0 fully saturated rings. The first-order chi connectivity index (χ1) is 13.1. The van der Waals surface area contributed by atoms with Crippen molar-refractivity contribution in [3.8, 4) is 11.5 Å². The Hall–Kier alpha value is -3.20. The van der Waals surface area contributed by atoms with Gasteiger partial charge < -0.3 is 14.0 Å². The number of nitro groups is 1. The molecule has 9 heteroatoms. The normalized spacial score (nSPS) is 13.7. The number of aromatic nitrogens is 1. The van der Waals surface area contributed by atoms with Gasteiger partial charge in [0.1, 0.15) is 13.2 Å². The van der Waals surface area contributed by atoms with Crippen LogP contribution in [-0.4, -0.2) is 28.6 Å². The molecular formula is C18H15N3O5S. The van der Waals surface area contributed by atoms with Crippen molar-refractivity contribution in [1.82, 2.24) is 4.57 Å². The number of hydrogen-bond acceptors (Lipinski definition) is 6. The van der Waals surface area contributed by atoms with Crippen LogP contribution in [0.25, 0.3) is 10.2 Å². The zero-order valence-electron chi connectivity index (χ0n) is 14.4. The lowest BCUT2D eigenvalue weighted by atomic mass is 10.2. The smallest absolute Gasteiger partial charge is 0.279 e. The third kappa shape index (κ3) is 3.17. The molecule has 0 radical (unpaired) electrons. The van der Waals surface area contributed by atoms with Crippen molar-refractivity contribution in [2.75, 3.05) is 13.2 Å². The molecule has 3 aromatic rings. The minimum atomic E-state index is -0.436. The van der Waals surface area contributed by atoms with Crippen LogP contribution < -0.4 is 14.3 Å². The number of thiazole rings is 1. The third-order valence-electron chi connectivity index (χ3n) is 4.18. The van der Waals surface area contributed by atoms with Crippen LogP contribution >= 0.6 is 11.3 Å². The van der Waals surface area contributed by atoms with E-state index < -0.39 is 10.8 Å². The number of carbonyl (C=O) groups excluding carboxylic acids is 1. The lowest BCUT2D eigenvalue weighted by Gasteiger charge is -2.18. The average molecular weight is 385 g/mol. The average Bonchev–Trinajstić information content (AvgIpc) is 3.03. The van der Waals surface area contributed by atoms with E-state index in [1.165, 1.54) is 23.5 Å². The molecule has 0 saturated heterocycles. The maximum Gasteiger partial charge on any atom is 0.279 e. The van der Waals surface area contributed by atoms with Gasteiger partial charge in [-0.15, -0.1) is 0 Å². The third-order valence-corrected chi connectivity index (χ3v) is 5.24. The number of carbonyl (C=O) groups is 1. The van der Waals surface area contributed by atoms with Crippen LogP contribution in [0.3, 0.4) is 0 Å². The van der Waals surface area contributed by atoms with E-state index in [-0.39, 0.29) is 5.69 Å². The molecule has 0 aliphatic carbocycles. The first kappa shape index (κ1) is 17.2. The summed E-state index contributed by atoms with van der Waals surface area (Å²) in [6, 6.07) is 9.59. The summed E-state index contributed by atoms with van der Waals surface area (Å²) in [6.45, 7) is 3.36. The van der Waals surface area contributed by atoms with Gasteiger partial charge in [0, 0.05) is 24.2 Å². The number of rotatable bonds is 3. The van der Waals surface area contributed by atoms with Gasteiger partial charge in [0.15, 0.2) is 16.3 Å². The minimum absolute atomic E-state index is 0.00668. The van der Waals surface area contributed by atoms with Gasteiger partial charge in [0.25, 0.3) is 11.6 Å². The molecule has 0 atom stereocenters. The number of hydrogen-bond donors (Lipinski definition) is 0. The number of amides is 1. The molecule has 0 spiro atoms. The molecule has 8 nitrogen and oxygen atoms in total. The number of nitro benzene ring substituents is 1. The van der Waals surface area contributed by atoms with Crippen LogP contribution in [0.1, 0.15) is 17.3 Å². The summed E-state index contributed by atoms with van der Waals surface area (Å²) in [7, 11) is 0. The first-order valence-electron chi connectivity index (χ1n) is 8.33. The Morgan fingerprint density at radius 3 is 2.74 bits per heavy atom. The van der Waals surface area contributed by atoms with Gasteiger partial charge in [0.2, 0.25) is 0 Å². The van der Waals surface area contributed by atoms with E-state index in [9.17, 15) is 14.9 Å². The number of non-ortho nitro benzene ring substituents is 1. The van der Waals surface area contributed by atoms with E-state index >= 15 is 0 Å². The van der Waals surface area contributed by atoms with E-state index in [0.717, 1.165) is 4.70 Å². The zero-order valence-corrected chi connectivity index (χ0v) is 15.2. The highest BCUT2D eigenvalue weighted by atomic mass is 32.1. The fourth-order valence-electron chi connectivity index (χ4n) is 2.89. The predicted octanol–water partition coefficient (Wildman–Crippen LogP) is 3.14. The number of ether oxygens (including phenoxy) is 2. The van der Waals surface area contributed by atoms with Crippen molar-refractivity contribution >= 4 is 33.1 Å². The molecule has 0 bridgehead atoms. The first-order valence-corrected chi connectivity index (χ1v) is 9.15. The standard InChI is InChI=1S/C18H15N3O5S/c1-2-20-13-10-12(21(23)24)4-6-16(13)27-18(20)19-17(22)11-3-5-14-15(9-11)26-8-7-25-14/h3-6,9-10H,2,7-8H2,1H3. The largest absolute Gasteiger partial charge is 0.486 e. The maximum atomic E-state index is 12.6. The van der Waals surface area contributed by atoms with Gasteiger partial charge in [-0.3, -0.25) is 14.9 Å². The Kier molecular flexibility index (Phi) is 4.36. The van der Waals surface area contributed by atoms with Crippen LogP contribution in [0.2, 0.25) is 0 Å². The van der Waals surface area contributed by atoms with E-state index in [1.54, 1.807) is 28.8 Å². The van der Waals surface area contributed by atoms with Gasteiger partial charge in [0.05, 0.1) is 15.1 Å². The van der Waals surface area contributed by atoms with Crippen LogP contribution in [0.4, 0.5) is 5.69 Å². The molecule has 0 unspecified atom stereocenters. The fourth-order valence-corrected chi connectivity index (χ4v) is 3.96. The van der Waals surface area contributed by atoms with Crippen LogP contribution in [0.5, 0.6) is 11.5 Å². The molecule has 1 aromatic heterocycles. The van der Waals surface area contributed by atoms with Crippen LogP contribution in [0.15, 0.2) is 41.4 Å². The molecule has 1 amide bonds. The summed E-state index contributed by atoms with van der Waals surface area (Å²) in [6.07, 6.45) is 0. The monoisotopic (exact) mass is 385 g/mol. The quantitative estimate of drug-likeness (QED) is 0.510. The van der Waals surface area contributed by atoms with Crippen molar-refractivity contribution in [3.63, 3.8) is 0 Å². The van der Waals surface area contributed by atoms with E-state index in [4.69, 9.17) is 9.47 Å². The number of nitrogens with zero attached hydrogens (tertiary/aromatic N) is 3. The van der Waals surface area contributed by atoms with Crippen molar-refractivity contribution in [3.05, 3.63) is 56.9 Å². The van der Waals surface area contributed by atoms with Gasteiger partial charge in [-0.25, -0.2) is 0 Å². The van der Waals surface area contributed by atoms with Crippen LogP contribution in [0, 0.1) is 10.1 Å². The van der Waals surface area contributed by atoms with Crippen LogP contribution in [-0.2, 0) is 6.54 Å². The Labute approximate surface area is 157 Å². The van der Waals surface area contributed by atoms with Gasteiger partial charge >= 0.3 is 0 Å². The van der Waals surface area contributed by atoms with E-state index in [0.29, 0.717) is 47.1 Å². The summed E-state index contributed by atoms with van der Waals surface area (Å²) in [5.74, 6) is 0.725. The zero-order chi connectivity index (χ0) is 19.0. The van der Waals surface area contributed by atoms with Gasteiger partial charge in [-0.05, 0) is 31.2 Å². The lowest BCUT2D eigenvalue weighted by molar-refractivity contribution is -0.384. The SMILES string of the molecule is CCn1c(=NC(=O)c2ccc3c(c2)OCCO3)sc2ccc([N+](=O)[O-])cc21. The summed E-state index contributed by atoms with van der Waals surface area (Å²) < 4.78 is 13.6. The summed E-state index contributed by atoms with van der Waals surface area (Å²) >= 11 is 1.32. The molecule has 2 heterocycles. The molecule has 1 aliphatic rings. The number of fused-ring (bicyclic) bond motifs is 2. The highest BCUT2D eigenvalue weighted by Gasteiger charge is 2.16.